The zero-order valence-electron chi connectivity index (χ0n) is 12.8. The highest BCUT2D eigenvalue weighted by atomic mass is 15.3. The monoisotopic (exact) mass is 274 g/mol. The molecule has 4 nitrogen and oxygen atoms in total. The standard InChI is InChI=1S/C16H26N4/c1-12-10-19-8-4-5-15(19)11-20(12)16-9-14(6-7-18-16)13(2)17-3/h6-7,9,12-13,15,17H,4-5,8,10-11H2,1-3H3. The van der Waals surface area contributed by atoms with E-state index < -0.39 is 0 Å². The second-order valence-corrected chi connectivity index (χ2v) is 6.25. The number of piperazine rings is 1. The molecule has 3 unspecified atom stereocenters. The van der Waals surface area contributed by atoms with Crippen molar-refractivity contribution in [1.82, 2.24) is 15.2 Å². The van der Waals surface area contributed by atoms with Gasteiger partial charge in [-0.2, -0.15) is 0 Å². The minimum atomic E-state index is 0.375. The lowest BCUT2D eigenvalue weighted by molar-refractivity contribution is 0.202. The summed E-state index contributed by atoms with van der Waals surface area (Å²) in [4.78, 5) is 9.78. The molecule has 2 fully saturated rings. The molecule has 2 aliphatic heterocycles. The first kappa shape index (κ1) is 13.8. The number of hydrogen-bond donors (Lipinski definition) is 1. The van der Waals surface area contributed by atoms with E-state index in [1.807, 2.05) is 13.2 Å². The Morgan fingerprint density at radius 1 is 1.40 bits per heavy atom. The Labute approximate surface area is 122 Å². The molecule has 0 saturated carbocycles. The van der Waals surface area contributed by atoms with Crippen LogP contribution in [0.3, 0.4) is 0 Å². The van der Waals surface area contributed by atoms with E-state index in [4.69, 9.17) is 0 Å². The van der Waals surface area contributed by atoms with Crippen molar-refractivity contribution < 1.29 is 0 Å². The molecule has 110 valence electrons. The van der Waals surface area contributed by atoms with Crippen LogP contribution in [0, 0.1) is 0 Å². The Morgan fingerprint density at radius 3 is 3.05 bits per heavy atom. The zero-order chi connectivity index (χ0) is 14.1. The maximum Gasteiger partial charge on any atom is 0.129 e. The fourth-order valence-electron chi connectivity index (χ4n) is 3.53. The number of aromatic nitrogens is 1. The van der Waals surface area contributed by atoms with Crippen LogP contribution in [-0.2, 0) is 0 Å². The van der Waals surface area contributed by atoms with Gasteiger partial charge in [-0.15, -0.1) is 0 Å². The van der Waals surface area contributed by atoms with Crippen molar-refractivity contribution >= 4 is 5.82 Å². The van der Waals surface area contributed by atoms with Crippen LogP contribution in [0.5, 0.6) is 0 Å². The van der Waals surface area contributed by atoms with Gasteiger partial charge in [-0.3, -0.25) is 4.90 Å². The lowest BCUT2D eigenvalue weighted by Gasteiger charge is -2.43. The van der Waals surface area contributed by atoms with Gasteiger partial charge in [0, 0.05) is 37.4 Å². The highest BCUT2D eigenvalue weighted by Gasteiger charge is 2.34. The molecule has 3 rings (SSSR count). The maximum absolute atomic E-state index is 4.62. The van der Waals surface area contributed by atoms with Crippen LogP contribution in [0.25, 0.3) is 0 Å². The van der Waals surface area contributed by atoms with Crippen molar-refractivity contribution in [3.8, 4) is 0 Å². The van der Waals surface area contributed by atoms with Crippen LogP contribution in [0.15, 0.2) is 18.3 Å². The molecule has 3 atom stereocenters. The molecule has 1 aromatic rings. The first-order valence-corrected chi connectivity index (χ1v) is 7.83. The summed E-state index contributed by atoms with van der Waals surface area (Å²) in [6, 6.07) is 6.03. The van der Waals surface area contributed by atoms with Gasteiger partial charge in [0.15, 0.2) is 0 Å². The third kappa shape index (κ3) is 2.54. The summed E-state index contributed by atoms with van der Waals surface area (Å²) in [5, 5.41) is 3.31. The molecule has 0 bridgehead atoms. The lowest BCUT2D eigenvalue weighted by Crippen LogP contribution is -2.55. The van der Waals surface area contributed by atoms with E-state index in [0.717, 1.165) is 18.4 Å². The first-order valence-electron chi connectivity index (χ1n) is 7.83. The summed E-state index contributed by atoms with van der Waals surface area (Å²) in [7, 11) is 2.00. The summed E-state index contributed by atoms with van der Waals surface area (Å²) < 4.78 is 0. The fraction of sp³-hybridized carbons (Fsp3) is 0.688. The molecular weight excluding hydrogens is 248 g/mol. The zero-order valence-corrected chi connectivity index (χ0v) is 12.8. The molecule has 20 heavy (non-hydrogen) atoms. The van der Waals surface area contributed by atoms with Gasteiger partial charge in [0.1, 0.15) is 5.82 Å². The summed E-state index contributed by atoms with van der Waals surface area (Å²) in [6.07, 6.45) is 4.65. The average Bonchev–Trinajstić information content (AvgIpc) is 2.92. The summed E-state index contributed by atoms with van der Waals surface area (Å²) >= 11 is 0. The van der Waals surface area contributed by atoms with E-state index in [-0.39, 0.29) is 0 Å². The minimum absolute atomic E-state index is 0.375. The first-order chi connectivity index (χ1) is 9.69. The van der Waals surface area contributed by atoms with E-state index in [2.05, 4.69) is 46.1 Å². The van der Waals surface area contributed by atoms with Gasteiger partial charge in [0.05, 0.1) is 0 Å². The van der Waals surface area contributed by atoms with E-state index in [9.17, 15) is 0 Å². The van der Waals surface area contributed by atoms with Crippen molar-refractivity contribution in [3.63, 3.8) is 0 Å². The highest BCUT2D eigenvalue weighted by Crippen LogP contribution is 2.28. The van der Waals surface area contributed by atoms with Gasteiger partial charge in [-0.25, -0.2) is 4.98 Å². The summed E-state index contributed by atoms with van der Waals surface area (Å²) in [5.74, 6) is 1.14. The quantitative estimate of drug-likeness (QED) is 0.914. The third-order valence-electron chi connectivity index (χ3n) is 4.93. The van der Waals surface area contributed by atoms with Crippen molar-refractivity contribution in [2.45, 2.75) is 44.8 Å². The molecular formula is C16H26N4. The Hall–Kier alpha value is -1.13. The molecule has 0 aromatic carbocycles. The number of fused-ring (bicyclic) bond motifs is 1. The number of hydrogen-bond acceptors (Lipinski definition) is 4. The normalized spacial score (nSPS) is 28.4. The number of pyridine rings is 1. The maximum atomic E-state index is 4.62. The second kappa shape index (κ2) is 5.70. The Balaban J connectivity index is 1.81. The van der Waals surface area contributed by atoms with E-state index in [0.29, 0.717) is 12.1 Å². The van der Waals surface area contributed by atoms with Crippen molar-refractivity contribution in [2.75, 3.05) is 31.6 Å². The predicted octanol–water partition coefficient (Wildman–Crippen LogP) is 2.03. The molecule has 1 aromatic heterocycles. The Kier molecular flexibility index (Phi) is 3.94. The van der Waals surface area contributed by atoms with Crippen LogP contribution in [-0.4, -0.2) is 48.6 Å². The fourth-order valence-corrected chi connectivity index (χ4v) is 3.53. The predicted molar refractivity (Wildman–Crippen MR) is 83.1 cm³/mol. The van der Waals surface area contributed by atoms with E-state index >= 15 is 0 Å². The topological polar surface area (TPSA) is 31.4 Å². The van der Waals surface area contributed by atoms with Gasteiger partial charge in [0.2, 0.25) is 0 Å². The molecule has 4 heteroatoms. The van der Waals surface area contributed by atoms with E-state index in [1.165, 1.54) is 31.5 Å². The minimum Gasteiger partial charge on any atom is -0.351 e. The average molecular weight is 274 g/mol. The lowest BCUT2D eigenvalue weighted by atomic mass is 10.1. The van der Waals surface area contributed by atoms with Crippen molar-refractivity contribution in [3.05, 3.63) is 23.9 Å². The Bertz CT molecular complexity index is 462. The molecule has 1 N–H and O–H groups in total. The summed E-state index contributed by atoms with van der Waals surface area (Å²) in [5.41, 5.74) is 1.32. The van der Waals surface area contributed by atoms with Crippen LogP contribution in [0.4, 0.5) is 5.82 Å². The van der Waals surface area contributed by atoms with Crippen LogP contribution < -0.4 is 10.2 Å². The number of nitrogens with one attached hydrogen (secondary N) is 1. The van der Waals surface area contributed by atoms with Gasteiger partial charge in [-0.05, 0) is 58.0 Å². The van der Waals surface area contributed by atoms with Crippen LogP contribution in [0.2, 0.25) is 0 Å². The van der Waals surface area contributed by atoms with Gasteiger partial charge < -0.3 is 10.2 Å². The molecule has 3 heterocycles. The second-order valence-electron chi connectivity index (χ2n) is 6.25. The van der Waals surface area contributed by atoms with Crippen molar-refractivity contribution in [2.24, 2.45) is 0 Å². The molecule has 2 aliphatic rings. The largest absolute Gasteiger partial charge is 0.351 e. The molecule has 2 saturated heterocycles. The van der Waals surface area contributed by atoms with Crippen LogP contribution in [0.1, 0.15) is 38.3 Å². The van der Waals surface area contributed by atoms with Gasteiger partial charge in [0.25, 0.3) is 0 Å². The van der Waals surface area contributed by atoms with Gasteiger partial charge in [-0.1, -0.05) is 0 Å². The number of anilines is 1. The molecule has 0 radical (unpaired) electrons. The molecule has 0 aliphatic carbocycles. The van der Waals surface area contributed by atoms with Gasteiger partial charge >= 0.3 is 0 Å². The smallest absolute Gasteiger partial charge is 0.129 e. The molecule has 0 spiro atoms. The third-order valence-corrected chi connectivity index (χ3v) is 4.93. The summed E-state index contributed by atoms with van der Waals surface area (Å²) in [6.45, 7) is 8.11. The van der Waals surface area contributed by atoms with Crippen LogP contribution >= 0.6 is 0 Å². The SMILES string of the molecule is CNC(C)c1ccnc(N2CC3CCCN3CC2C)c1. The molecule has 0 amide bonds. The highest BCUT2D eigenvalue weighted by molar-refractivity contribution is 5.44. The van der Waals surface area contributed by atoms with E-state index in [1.54, 1.807) is 0 Å². The number of rotatable bonds is 3. The Morgan fingerprint density at radius 2 is 2.25 bits per heavy atom. The number of nitrogens with zero attached hydrogens (tertiary/aromatic N) is 3. The van der Waals surface area contributed by atoms with Crippen molar-refractivity contribution in [1.29, 1.82) is 0 Å².